The third-order valence-electron chi connectivity index (χ3n) is 3.04. The Morgan fingerprint density at radius 2 is 2.12 bits per heavy atom. The van der Waals surface area contributed by atoms with Gasteiger partial charge in [0.2, 0.25) is 0 Å². The Hall–Kier alpha value is -0.870. The number of nitrogens with zero attached hydrogens (tertiary/aromatic N) is 3. The lowest BCUT2D eigenvalue weighted by Gasteiger charge is -2.28. The molecule has 4 heteroatoms. The van der Waals surface area contributed by atoms with Gasteiger partial charge in [0.25, 0.3) is 0 Å². The molecule has 0 aliphatic rings. The van der Waals surface area contributed by atoms with Crippen molar-refractivity contribution in [3.63, 3.8) is 0 Å². The van der Waals surface area contributed by atoms with E-state index in [-0.39, 0.29) is 6.04 Å². The number of rotatable bonds is 5. The van der Waals surface area contributed by atoms with Crippen molar-refractivity contribution in [3.8, 4) is 0 Å². The fourth-order valence-corrected chi connectivity index (χ4v) is 2.09. The molecule has 0 aromatic carbocycles. The molecule has 0 aliphatic heterocycles. The Balaban J connectivity index is 2.85. The molecule has 1 aromatic rings. The van der Waals surface area contributed by atoms with E-state index in [2.05, 4.69) is 37.8 Å². The Morgan fingerprint density at radius 1 is 1.50 bits per heavy atom. The Bertz CT molecular complexity index is 330. The maximum atomic E-state index is 5.88. The summed E-state index contributed by atoms with van der Waals surface area (Å²) in [6, 6.07) is 0.274. The number of aryl methyl sites for hydroxylation is 1. The highest BCUT2D eigenvalue weighted by atomic mass is 15.3. The van der Waals surface area contributed by atoms with Crippen LogP contribution in [-0.4, -0.2) is 34.8 Å². The molecule has 1 atom stereocenters. The average Bonchev–Trinajstić information content (AvgIpc) is 2.50. The molecular formula is C12H24N4. The summed E-state index contributed by atoms with van der Waals surface area (Å²) in [7, 11) is 4.10. The van der Waals surface area contributed by atoms with Crippen LogP contribution in [0.1, 0.15) is 31.1 Å². The van der Waals surface area contributed by atoms with E-state index in [4.69, 9.17) is 5.73 Å². The molecule has 16 heavy (non-hydrogen) atoms. The van der Waals surface area contributed by atoms with E-state index >= 15 is 0 Å². The SMILES string of the molecule is Cc1c(C(CN)N(C)CC(C)C)cnn1C. The summed E-state index contributed by atoms with van der Waals surface area (Å²) < 4.78 is 1.90. The zero-order valence-electron chi connectivity index (χ0n) is 11.1. The number of aromatic nitrogens is 2. The van der Waals surface area contributed by atoms with Gasteiger partial charge in [-0.25, -0.2) is 0 Å². The topological polar surface area (TPSA) is 47.1 Å². The maximum Gasteiger partial charge on any atom is 0.0540 e. The molecule has 2 N–H and O–H groups in total. The number of hydrogen-bond acceptors (Lipinski definition) is 3. The summed E-state index contributed by atoms with van der Waals surface area (Å²) in [5.41, 5.74) is 8.32. The first-order valence-corrected chi connectivity index (χ1v) is 5.86. The number of likely N-dealkylation sites (N-methyl/N-ethyl adjacent to an activating group) is 1. The molecule has 0 fully saturated rings. The van der Waals surface area contributed by atoms with Crippen LogP contribution in [0.15, 0.2) is 6.20 Å². The Morgan fingerprint density at radius 3 is 2.50 bits per heavy atom. The van der Waals surface area contributed by atoms with Gasteiger partial charge in [0.1, 0.15) is 0 Å². The van der Waals surface area contributed by atoms with Gasteiger partial charge in [-0.15, -0.1) is 0 Å². The molecule has 92 valence electrons. The average molecular weight is 224 g/mol. The van der Waals surface area contributed by atoms with Crippen molar-refractivity contribution in [2.24, 2.45) is 18.7 Å². The molecule has 1 rings (SSSR count). The minimum atomic E-state index is 0.274. The summed E-state index contributed by atoms with van der Waals surface area (Å²) in [6.45, 7) is 8.22. The van der Waals surface area contributed by atoms with Crippen LogP contribution >= 0.6 is 0 Å². The highest BCUT2D eigenvalue weighted by Crippen LogP contribution is 2.21. The van der Waals surface area contributed by atoms with Crippen molar-refractivity contribution in [3.05, 3.63) is 17.5 Å². The largest absolute Gasteiger partial charge is 0.329 e. The second-order valence-electron chi connectivity index (χ2n) is 4.89. The van der Waals surface area contributed by atoms with Gasteiger partial charge >= 0.3 is 0 Å². The first-order chi connectivity index (χ1) is 7.47. The predicted octanol–water partition coefficient (Wildman–Crippen LogP) is 1.32. The van der Waals surface area contributed by atoms with Crippen LogP contribution in [0, 0.1) is 12.8 Å². The van der Waals surface area contributed by atoms with E-state index in [0.29, 0.717) is 12.5 Å². The second kappa shape index (κ2) is 5.46. The summed E-state index contributed by atoms with van der Waals surface area (Å²) in [5.74, 6) is 0.649. The molecule has 0 aliphatic carbocycles. The van der Waals surface area contributed by atoms with Gasteiger partial charge in [0.05, 0.1) is 12.2 Å². The standard InChI is InChI=1S/C12H24N4/c1-9(2)8-15(4)12(6-13)11-7-14-16(5)10(11)3/h7,9,12H,6,8,13H2,1-5H3. The first-order valence-electron chi connectivity index (χ1n) is 5.86. The van der Waals surface area contributed by atoms with Gasteiger partial charge in [-0.3, -0.25) is 9.58 Å². The summed E-state index contributed by atoms with van der Waals surface area (Å²) >= 11 is 0. The van der Waals surface area contributed by atoms with Gasteiger partial charge in [-0.2, -0.15) is 5.10 Å². The van der Waals surface area contributed by atoms with Crippen molar-refractivity contribution >= 4 is 0 Å². The lowest BCUT2D eigenvalue weighted by molar-refractivity contribution is 0.223. The molecule has 0 amide bonds. The zero-order chi connectivity index (χ0) is 12.3. The van der Waals surface area contributed by atoms with Crippen LogP contribution in [0.3, 0.4) is 0 Å². The van der Waals surface area contributed by atoms with E-state index in [1.165, 1.54) is 11.3 Å². The second-order valence-corrected chi connectivity index (χ2v) is 4.89. The number of hydrogen-bond donors (Lipinski definition) is 1. The lowest BCUT2D eigenvalue weighted by Crippen LogP contribution is -2.33. The monoisotopic (exact) mass is 224 g/mol. The number of nitrogens with two attached hydrogens (primary N) is 1. The van der Waals surface area contributed by atoms with Crippen LogP contribution in [0.4, 0.5) is 0 Å². The van der Waals surface area contributed by atoms with Crippen molar-refractivity contribution in [1.82, 2.24) is 14.7 Å². The van der Waals surface area contributed by atoms with Gasteiger partial charge < -0.3 is 5.73 Å². The van der Waals surface area contributed by atoms with Crippen molar-refractivity contribution < 1.29 is 0 Å². The predicted molar refractivity (Wildman–Crippen MR) is 67.2 cm³/mol. The summed E-state index contributed by atoms with van der Waals surface area (Å²) in [4.78, 5) is 2.31. The third kappa shape index (κ3) is 2.83. The summed E-state index contributed by atoms with van der Waals surface area (Å²) in [6.07, 6.45) is 1.93. The molecule has 4 nitrogen and oxygen atoms in total. The van der Waals surface area contributed by atoms with Crippen LogP contribution < -0.4 is 5.73 Å². The van der Waals surface area contributed by atoms with Crippen molar-refractivity contribution in [1.29, 1.82) is 0 Å². The normalized spacial score (nSPS) is 13.8. The minimum absolute atomic E-state index is 0.274. The first kappa shape index (κ1) is 13.2. The molecule has 0 saturated heterocycles. The van der Waals surface area contributed by atoms with E-state index < -0.39 is 0 Å². The molecule has 1 heterocycles. The smallest absolute Gasteiger partial charge is 0.0540 e. The van der Waals surface area contributed by atoms with E-state index in [1.54, 1.807) is 0 Å². The fourth-order valence-electron chi connectivity index (χ4n) is 2.09. The van der Waals surface area contributed by atoms with Crippen LogP contribution in [-0.2, 0) is 7.05 Å². The molecule has 1 unspecified atom stereocenters. The van der Waals surface area contributed by atoms with E-state index in [9.17, 15) is 0 Å². The third-order valence-corrected chi connectivity index (χ3v) is 3.04. The molecule has 1 aromatic heterocycles. The molecule has 0 saturated carbocycles. The quantitative estimate of drug-likeness (QED) is 0.820. The van der Waals surface area contributed by atoms with Crippen molar-refractivity contribution in [2.75, 3.05) is 20.1 Å². The van der Waals surface area contributed by atoms with Crippen LogP contribution in [0.2, 0.25) is 0 Å². The highest BCUT2D eigenvalue weighted by molar-refractivity contribution is 5.20. The van der Waals surface area contributed by atoms with Crippen molar-refractivity contribution in [2.45, 2.75) is 26.8 Å². The van der Waals surface area contributed by atoms with Crippen LogP contribution in [0.25, 0.3) is 0 Å². The van der Waals surface area contributed by atoms with Crippen LogP contribution in [0.5, 0.6) is 0 Å². The highest BCUT2D eigenvalue weighted by Gasteiger charge is 2.20. The van der Waals surface area contributed by atoms with Gasteiger partial charge in [0.15, 0.2) is 0 Å². The summed E-state index contributed by atoms with van der Waals surface area (Å²) in [5, 5.41) is 4.28. The Labute approximate surface area is 98.4 Å². The molecule has 0 radical (unpaired) electrons. The minimum Gasteiger partial charge on any atom is -0.329 e. The molecule has 0 bridgehead atoms. The molecule has 0 spiro atoms. The Kier molecular flexibility index (Phi) is 4.50. The molecular weight excluding hydrogens is 200 g/mol. The van der Waals surface area contributed by atoms with E-state index in [1.807, 2.05) is 17.9 Å². The van der Waals surface area contributed by atoms with Gasteiger partial charge in [-0.1, -0.05) is 13.8 Å². The fraction of sp³-hybridized carbons (Fsp3) is 0.750. The van der Waals surface area contributed by atoms with Gasteiger partial charge in [0, 0.05) is 31.4 Å². The van der Waals surface area contributed by atoms with Gasteiger partial charge in [-0.05, 0) is 19.9 Å². The zero-order valence-corrected chi connectivity index (χ0v) is 11.1. The maximum absolute atomic E-state index is 5.88. The lowest BCUT2D eigenvalue weighted by atomic mass is 10.1. The van der Waals surface area contributed by atoms with E-state index in [0.717, 1.165) is 6.54 Å².